The Morgan fingerprint density at radius 2 is 1.87 bits per heavy atom. The molecule has 2 aromatic carbocycles. The van der Waals surface area contributed by atoms with Crippen LogP contribution in [0.3, 0.4) is 0 Å². The van der Waals surface area contributed by atoms with Crippen molar-refractivity contribution in [2.24, 2.45) is 4.99 Å². The molecule has 0 aromatic heterocycles. The van der Waals surface area contributed by atoms with Crippen molar-refractivity contribution in [2.75, 3.05) is 11.9 Å². The fourth-order valence-corrected chi connectivity index (χ4v) is 3.47. The van der Waals surface area contributed by atoms with Crippen LogP contribution in [-0.4, -0.2) is 29.1 Å². The van der Waals surface area contributed by atoms with Crippen LogP contribution in [0, 0.1) is 10.1 Å². The number of halogens is 1. The molecule has 0 bridgehead atoms. The predicted octanol–water partition coefficient (Wildman–Crippen LogP) is 5.47. The van der Waals surface area contributed by atoms with E-state index in [0.717, 1.165) is 31.4 Å². The van der Waals surface area contributed by atoms with Crippen molar-refractivity contribution >= 4 is 46.3 Å². The Morgan fingerprint density at radius 1 is 1.13 bits per heavy atom. The van der Waals surface area contributed by atoms with E-state index in [1.807, 2.05) is 0 Å². The molecule has 31 heavy (non-hydrogen) atoms. The van der Waals surface area contributed by atoms with Gasteiger partial charge in [-0.05, 0) is 49.9 Å². The fraction of sp³-hybridized carbons (Fsp3) is 0.318. The monoisotopic (exact) mass is 443 g/mol. The summed E-state index contributed by atoms with van der Waals surface area (Å²) in [7, 11) is 0. The third-order valence-corrected chi connectivity index (χ3v) is 5.08. The highest BCUT2D eigenvalue weighted by Crippen LogP contribution is 2.28. The quantitative estimate of drug-likeness (QED) is 0.263. The van der Waals surface area contributed by atoms with Gasteiger partial charge in [0.1, 0.15) is 5.69 Å². The second-order valence-electron chi connectivity index (χ2n) is 7.11. The van der Waals surface area contributed by atoms with Crippen molar-refractivity contribution in [1.82, 2.24) is 0 Å². The molecule has 0 unspecified atom stereocenters. The lowest BCUT2D eigenvalue weighted by Crippen LogP contribution is -2.16. The highest BCUT2D eigenvalue weighted by atomic mass is 35.5. The number of hydrogen-bond donors (Lipinski definition) is 1. The molecule has 1 saturated carbocycles. The molecule has 0 spiro atoms. The molecule has 0 amide bonds. The number of para-hydroxylation sites is 1. The Hall–Kier alpha value is -3.26. The standard InChI is InChI=1S/C22H22ClN3O5/c23-15-10-11-19(20(14-15)26(29)30)24-13-12-21(27)31-22(28)17-8-4-5-9-18(17)25-16-6-2-1-3-7-16/h4-5,8-11,14,24H,1-3,6-7,12-13H2. The van der Waals surface area contributed by atoms with Gasteiger partial charge in [0.05, 0.1) is 22.6 Å². The van der Waals surface area contributed by atoms with Crippen LogP contribution < -0.4 is 5.32 Å². The Kier molecular flexibility index (Phi) is 7.72. The molecule has 3 rings (SSSR count). The minimum atomic E-state index is -0.766. The molecular formula is C22H22ClN3O5. The van der Waals surface area contributed by atoms with E-state index in [1.54, 1.807) is 24.3 Å². The minimum Gasteiger partial charge on any atom is -0.389 e. The topological polar surface area (TPSA) is 111 Å². The average molecular weight is 444 g/mol. The van der Waals surface area contributed by atoms with E-state index in [1.165, 1.54) is 24.6 Å². The molecule has 0 radical (unpaired) electrons. The number of rotatable bonds is 7. The summed E-state index contributed by atoms with van der Waals surface area (Å²) in [4.78, 5) is 39.8. The number of carbonyl (C=O) groups is 2. The maximum Gasteiger partial charge on any atom is 0.347 e. The number of carbonyl (C=O) groups excluding carboxylic acids is 2. The maximum absolute atomic E-state index is 12.5. The molecule has 1 N–H and O–H groups in total. The van der Waals surface area contributed by atoms with Crippen molar-refractivity contribution in [3.05, 3.63) is 63.2 Å². The first kappa shape index (κ1) is 22.4. The van der Waals surface area contributed by atoms with Gasteiger partial charge in [-0.25, -0.2) is 4.79 Å². The zero-order valence-electron chi connectivity index (χ0n) is 16.8. The Labute approximate surface area is 184 Å². The molecule has 1 fully saturated rings. The molecule has 8 nitrogen and oxygen atoms in total. The van der Waals surface area contributed by atoms with Gasteiger partial charge in [-0.3, -0.25) is 19.9 Å². The van der Waals surface area contributed by atoms with E-state index in [4.69, 9.17) is 16.3 Å². The second kappa shape index (κ2) is 10.7. The zero-order valence-corrected chi connectivity index (χ0v) is 17.6. The van der Waals surface area contributed by atoms with Gasteiger partial charge in [0.15, 0.2) is 0 Å². The summed E-state index contributed by atoms with van der Waals surface area (Å²) in [6.07, 6.45) is 5.02. The summed E-state index contributed by atoms with van der Waals surface area (Å²) in [5.41, 5.74) is 1.80. The van der Waals surface area contributed by atoms with E-state index < -0.39 is 16.9 Å². The van der Waals surface area contributed by atoms with E-state index in [0.29, 0.717) is 5.69 Å². The van der Waals surface area contributed by atoms with Crippen LogP contribution in [0.5, 0.6) is 0 Å². The molecule has 9 heteroatoms. The number of nitrogens with zero attached hydrogens (tertiary/aromatic N) is 2. The first-order valence-electron chi connectivity index (χ1n) is 10.0. The van der Waals surface area contributed by atoms with Gasteiger partial charge < -0.3 is 10.1 Å². The van der Waals surface area contributed by atoms with Crippen LogP contribution in [0.4, 0.5) is 17.1 Å². The summed E-state index contributed by atoms with van der Waals surface area (Å²) in [5, 5.41) is 14.1. The third kappa shape index (κ3) is 6.36. The molecule has 0 aliphatic heterocycles. The van der Waals surface area contributed by atoms with Crippen LogP contribution in [0.2, 0.25) is 5.02 Å². The smallest absolute Gasteiger partial charge is 0.347 e. The van der Waals surface area contributed by atoms with Crippen LogP contribution in [-0.2, 0) is 9.53 Å². The van der Waals surface area contributed by atoms with Gasteiger partial charge in [0.25, 0.3) is 5.69 Å². The minimum absolute atomic E-state index is 0.0541. The van der Waals surface area contributed by atoms with Crippen LogP contribution in [0.25, 0.3) is 0 Å². The first-order valence-corrected chi connectivity index (χ1v) is 10.4. The van der Waals surface area contributed by atoms with E-state index >= 15 is 0 Å². The highest BCUT2D eigenvalue weighted by Gasteiger charge is 2.18. The largest absolute Gasteiger partial charge is 0.389 e. The summed E-state index contributed by atoms with van der Waals surface area (Å²) < 4.78 is 4.96. The zero-order chi connectivity index (χ0) is 22.2. The Morgan fingerprint density at radius 3 is 2.61 bits per heavy atom. The summed E-state index contributed by atoms with van der Waals surface area (Å²) in [5.74, 6) is -1.51. The summed E-state index contributed by atoms with van der Waals surface area (Å²) >= 11 is 5.78. The molecule has 0 saturated heterocycles. The molecular weight excluding hydrogens is 422 g/mol. The van der Waals surface area contributed by atoms with Gasteiger partial charge >= 0.3 is 11.9 Å². The predicted molar refractivity (Wildman–Crippen MR) is 118 cm³/mol. The Bertz CT molecular complexity index is 1010. The molecule has 0 heterocycles. The lowest BCUT2D eigenvalue weighted by atomic mass is 9.98. The number of benzene rings is 2. The van der Waals surface area contributed by atoms with Crippen molar-refractivity contribution < 1.29 is 19.2 Å². The normalized spacial score (nSPS) is 13.4. The molecule has 2 aromatic rings. The molecule has 0 atom stereocenters. The van der Waals surface area contributed by atoms with Gasteiger partial charge in [0.2, 0.25) is 0 Å². The number of ether oxygens (including phenoxy) is 1. The van der Waals surface area contributed by atoms with Gasteiger partial charge in [-0.1, -0.05) is 30.2 Å². The number of nitro groups is 1. The maximum atomic E-state index is 12.5. The Balaban J connectivity index is 1.58. The lowest BCUT2D eigenvalue weighted by Gasteiger charge is -2.13. The van der Waals surface area contributed by atoms with Crippen molar-refractivity contribution in [2.45, 2.75) is 38.5 Å². The van der Waals surface area contributed by atoms with Gasteiger partial charge in [-0.2, -0.15) is 0 Å². The number of nitrogens with one attached hydrogen (secondary N) is 1. The van der Waals surface area contributed by atoms with Crippen molar-refractivity contribution in [1.29, 1.82) is 0 Å². The highest BCUT2D eigenvalue weighted by molar-refractivity contribution is 6.30. The number of nitro benzene ring substituents is 1. The van der Waals surface area contributed by atoms with Crippen LogP contribution >= 0.6 is 11.6 Å². The van der Waals surface area contributed by atoms with E-state index in [2.05, 4.69) is 10.3 Å². The van der Waals surface area contributed by atoms with Crippen molar-refractivity contribution in [3.8, 4) is 0 Å². The summed E-state index contributed by atoms with van der Waals surface area (Å²) in [6, 6.07) is 10.9. The average Bonchev–Trinajstić information content (AvgIpc) is 2.75. The first-order chi connectivity index (χ1) is 14.9. The van der Waals surface area contributed by atoms with Gasteiger partial charge in [-0.15, -0.1) is 0 Å². The third-order valence-electron chi connectivity index (χ3n) is 4.84. The second-order valence-corrected chi connectivity index (χ2v) is 7.55. The van der Waals surface area contributed by atoms with Crippen LogP contribution in [0.15, 0.2) is 47.5 Å². The van der Waals surface area contributed by atoms with Crippen molar-refractivity contribution in [3.63, 3.8) is 0 Å². The van der Waals surface area contributed by atoms with Crippen LogP contribution in [0.1, 0.15) is 48.9 Å². The number of hydrogen-bond acceptors (Lipinski definition) is 7. The number of esters is 2. The van der Waals surface area contributed by atoms with E-state index in [-0.39, 0.29) is 34.9 Å². The molecule has 1 aliphatic carbocycles. The SMILES string of the molecule is O=C(CCNc1ccc(Cl)cc1[N+](=O)[O-])OC(=O)c1ccccc1N=C1CCCCC1. The summed E-state index contributed by atoms with van der Waals surface area (Å²) in [6.45, 7) is 0.0541. The number of anilines is 1. The van der Waals surface area contributed by atoms with E-state index in [9.17, 15) is 19.7 Å². The molecule has 162 valence electrons. The lowest BCUT2D eigenvalue weighted by molar-refractivity contribution is -0.383. The molecule has 1 aliphatic rings. The van der Waals surface area contributed by atoms with Gasteiger partial charge in [0, 0.05) is 23.3 Å². The number of aliphatic imine (C=N–C) groups is 1. The fourth-order valence-electron chi connectivity index (χ4n) is 3.30.